The summed E-state index contributed by atoms with van der Waals surface area (Å²) in [6.45, 7) is 5.14. The zero-order valence-corrected chi connectivity index (χ0v) is 15.9. The van der Waals surface area contributed by atoms with E-state index in [1.54, 1.807) is 6.07 Å². The van der Waals surface area contributed by atoms with Gasteiger partial charge in [-0.2, -0.15) is 14.6 Å². The van der Waals surface area contributed by atoms with Crippen LogP contribution in [0, 0.1) is 11.3 Å². The maximum atomic E-state index is 9.06. The number of hydrogen-bond donors (Lipinski definition) is 0. The molecule has 0 atom stereocenters. The summed E-state index contributed by atoms with van der Waals surface area (Å²) in [6.07, 6.45) is 1.10. The Labute approximate surface area is 163 Å². The highest BCUT2D eigenvalue weighted by molar-refractivity contribution is 7.09. The van der Waals surface area contributed by atoms with Crippen molar-refractivity contribution in [1.82, 2.24) is 14.3 Å². The van der Waals surface area contributed by atoms with E-state index in [1.165, 1.54) is 17.1 Å². The molecule has 0 spiro atoms. The number of hydrogen-bond acceptors (Lipinski definition) is 6. The summed E-state index contributed by atoms with van der Waals surface area (Å²) in [5.41, 5.74) is 2.93. The molecule has 4 rings (SSSR count). The average molecular weight is 376 g/mol. The van der Waals surface area contributed by atoms with E-state index in [4.69, 9.17) is 10.2 Å². The predicted molar refractivity (Wildman–Crippen MR) is 109 cm³/mol. The third kappa shape index (κ3) is 4.33. The molecule has 2 heterocycles. The molecule has 0 bridgehead atoms. The van der Waals surface area contributed by atoms with Crippen LogP contribution in [0.4, 0.5) is 5.13 Å². The number of piperazine rings is 1. The summed E-state index contributed by atoms with van der Waals surface area (Å²) in [4.78, 5) is 9.53. The van der Waals surface area contributed by atoms with Gasteiger partial charge in [0.1, 0.15) is 0 Å². The fourth-order valence-corrected chi connectivity index (χ4v) is 4.02. The van der Waals surface area contributed by atoms with Gasteiger partial charge in [-0.1, -0.05) is 42.5 Å². The molecule has 3 aromatic rings. The number of aromatic nitrogens is 2. The molecular weight excluding hydrogens is 354 g/mol. The number of anilines is 1. The smallest absolute Gasteiger partial charge is 0.205 e. The third-order valence-corrected chi connectivity index (χ3v) is 5.64. The largest absolute Gasteiger partial charge is 0.344 e. The topological polar surface area (TPSA) is 56.1 Å². The van der Waals surface area contributed by atoms with Gasteiger partial charge < -0.3 is 4.90 Å². The molecule has 0 aliphatic carbocycles. The second-order valence-electron chi connectivity index (χ2n) is 6.66. The molecule has 1 aromatic heterocycles. The first kappa shape index (κ1) is 17.7. The summed E-state index contributed by atoms with van der Waals surface area (Å²) in [7, 11) is 0. The lowest BCUT2D eigenvalue weighted by Crippen LogP contribution is -2.47. The Morgan fingerprint density at radius 2 is 1.81 bits per heavy atom. The number of benzene rings is 2. The van der Waals surface area contributed by atoms with E-state index in [-0.39, 0.29) is 0 Å². The lowest BCUT2D eigenvalue weighted by atomic mass is 10.1. The molecule has 0 N–H and O–H groups in total. The van der Waals surface area contributed by atoms with Crippen LogP contribution >= 0.6 is 11.5 Å². The van der Waals surface area contributed by atoms with Crippen molar-refractivity contribution in [3.63, 3.8) is 0 Å². The minimum atomic E-state index is 0.635. The Morgan fingerprint density at radius 3 is 2.59 bits per heavy atom. The van der Waals surface area contributed by atoms with Crippen molar-refractivity contribution >= 4 is 16.7 Å². The summed E-state index contributed by atoms with van der Waals surface area (Å²) < 4.78 is 4.50. The van der Waals surface area contributed by atoms with Crippen LogP contribution in [0.2, 0.25) is 0 Å². The Morgan fingerprint density at radius 1 is 1.00 bits per heavy atom. The van der Waals surface area contributed by atoms with E-state index in [1.807, 2.05) is 18.2 Å². The maximum absolute atomic E-state index is 9.06. The highest BCUT2D eigenvalue weighted by Crippen LogP contribution is 2.25. The lowest BCUT2D eigenvalue weighted by molar-refractivity contribution is 0.261. The Kier molecular flexibility index (Phi) is 5.42. The Bertz CT molecular complexity index is 923. The number of nitriles is 1. The molecular formula is C21H21N5S. The molecule has 2 aromatic carbocycles. The van der Waals surface area contributed by atoms with Crippen LogP contribution in [0.1, 0.15) is 11.1 Å². The van der Waals surface area contributed by atoms with Gasteiger partial charge in [0.05, 0.1) is 11.6 Å². The van der Waals surface area contributed by atoms with Gasteiger partial charge in [0.15, 0.2) is 5.82 Å². The molecule has 0 unspecified atom stereocenters. The molecule has 0 amide bonds. The molecule has 0 radical (unpaired) electrons. The molecule has 1 saturated heterocycles. The highest BCUT2D eigenvalue weighted by Gasteiger charge is 2.20. The minimum Gasteiger partial charge on any atom is -0.344 e. The van der Waals surface area contributed by atoms with E-state index in [2.05, 4.69) is 50.6 Å². The number of nitrogens with zero attached hydrogens (tertiary/aromatic N) is 5. The third-order valence-electron chi connectivity index (χ3n) is 4.87. The van der Waals surface area contributed by atoms with Crippen molar-refractivity contribution in [3.05, 3.63) is 65.7 Å². The van der Waals surface area contributed by atoms with E-state index in [0.29, 0.717) is 11.4 Å². The molecule has 1 fully saturated rings. The Balaban J connectivity index is 1.33. The van der Waals surface area contributed by atoms with Gasteiger partial charge in [-0.05, 0) is 24.1 Å². The molecule has 136 valence electrons. The van der Waals surface area contributed by atoms with Crippen molar-refractivity contribution in [3.8, 4) is 17.5 Å². The number of rotatable bonds is 5. The quantitative estimate of drug-likeness (QED) is 0.684. The first-order chi connectivity index (χ1) is 13.3. The molecule has 1 aliphatic rings. The second kappa shape index (κ2) is 8.30. The van der Waals surface area contributed by atoms with Crippen molar-refractivity contribution in [2.45, 2.75) is 6.42 Å². The predicted octanol–water partition coefficient (Wildman–Crippen LogP) is 3.44. The van der Waals surface area contributed by atoms with Gasteiger partial charge in [-0.25, -0.2) is 0 Å². The van der Waals surface area contributed by atoms with Gasteiger partial charge in [0, 0.05) is 49.8 Å². The van der Waals surface area contributed by atoms with Crippen LogP contribution < -0.4 is 4.90 Å². The summed E-state index contributed by atoms with van der Waals surface area (Å²) >= 11 is 1.44. The second-order valence-corrected chi connectivity index (χ2v) is 7.39. The van der Waals surface area contributed by atoms with Crippen molar-refractivity contribution in [2.24, 2.45) is 0 Å². The minimum absolute atomic E-state index is 0.635. The van der Waals surface area contributed by atoms with Crippen LogP contribution in [0.25, 0.3) is 11.4 Å². The zero-order chi connectivity index (χ0) is 18.5. The molecule has 1 aliphatic heterocycles. The zero-order valence-electron chi connectivity index (χ0n) is 15.1. The summed E-state index contributed by atoms with van der Waals surface area (Å²) in [5, 5.41) is 10.0. The van der Waals surface area contributed by atoms with Gasteiger partial charge >= 0.3 is 0 Å². The average Bonchev–Trinajstić information content (AvgIpc) is 3.24. The highest BCUT2D eigenvalue weighted by atomic mass is 32.1. The standard InChI is InChI=1S/C21H21N5S/c22-16-18-7-4-8-19(15-18)20-23-21(27-24-20)26-13-11-25(12-14-26)10-9-17-5-2-1-3-6-17/h1-8,15H,9-14H2. The SMILES string of the molecule is N#Cc1cccc(-c2nsc(N3CCN(CCc4ccccc4)CC3)n2)c1. The maximum Gasteiger partial charge on any atom is 0.205 e. The van der Waals surface area contributed by atoms with Gasteiger partial charge in [-0.15, -0.1) is 0 Å². The Hall–Kier alpha value is -2.75. The summed E-state index contributed by atoms with van der Waals surface area (Å²) in [6, 6.07) is 20.3. The van der Waals surface area contributed by atoms with Gasteiger partial charge in [0.2, 0.25) is 5.13 Å². The first-order valence-electron chi connectivity index (χ1n) is 9.17. The molecule has 5 nitrogen and oxygen atoms in total. The van der Waals surface area contributed by atoms with E-state index >= 15 is 0 Å². The normalized spacial score (nSPS) is 14.9. The van der Waals surface area contributed by atoms with Gasteiger partial charge in [-0.3, -0.25) is 4.90 Å². The van der Waals surface area contributed by atoms with E-state index < -0.39 is 0 Å². The van der Waals surface area contributed by atoms with Crippen LogP contribution in [-0.2, 0) is 6.42 Å². The monoisotopic (exact) mass is 375 g/mol. The van der Waals surface area contributed by atoms with Gasteiger partial charge in [0.25, 0.3) is 0 Å². The van der Waals surface area contributed by atoms with E-state index in [0.717, 1.165) is 49.8 Å². The van der Waals surface area contributed by atoms with Crippen LogP contribution in [0.5, 0.6) is 0 Å². The molecule has 0 saturated carbocycles. The van der Waals surface area contributed by atoms with E-state index in [9.17, 15) is 0 Å². The lowest BCUT2D eigenvalue weighted by Gasteiger charge is -2.34. The molecule has 6 heteroatoms. The van der Waals surface area contributed by atoms with Crippen LogP contribution in [0.15, 0.2) is 54.6 Å². The first-order valence-corrected chi connectivity index (χ1v) is 9.94. The fourth-order valence-electron chi connectivity index (χ4n) is 3.28. The summed E-state index contributed by atoms with van der Waals surface area (Å²) in [5.74, 6) is 0.707. The van der Waals surface area contributed by atoms with Crippen LogP contribution in [-0.4, -0.2) is 47.0 Å². The molecule has 27 heavy (non-hydrogen) atoms. The van der Waals surface area contributed by atoms with Crippen molar-refractivity contribution in [1.29, 1.82) is 5.26 Å². The fraction of sp³-hybridized carbons (Fsp3) is 0.286. The van der Waals surface area contributed by atoms with Crippen molar-refractivity contribution in [2.75, 3.05) is 37.6 Å². The van der Waals surface area contributed by atoms with Crippen LogP contribution in [0.3, 0.4) is 0 Å². The van der Waals surface area contributed by atoms with Crippen molar-refractivity contribution < 1.29 is 0 Å².